The van der Waals surface area contributed by atoms with Crippen LogP contribution in [-0.4, -0.2) is 29.6 Å². The molecule has 1 aliphatic rings. The molecule has 35 heavy (non-hydrogen) atoms. The summed E-state index contributed by atoms with van der Waals surface area (Å²) >= 11 is 0. The summed E-state index contributed by atoms with van der Waals surface area (Å²) in [6.07, 6.45) is 2.51. The van der Waals surface area contributed by atoms with Crippen molar-refractivity contribution in [2.24, 2.45) is 5.92 Å². The topological polar surface area (TPSA) is 51.7 Å². The molecule has 5 nitrogen and oxygen atoms in total. The minimum absolute atomic E-state index is 0.0858. The van der Waals surface area contributed by atoms with Gasteiger partial charge in [-0.05, 0) is 81.8 Å². The van der Waals surface area contributed by atoms with Crippen molar-refractivity contribution in [3.05, 3.63) is 78.0 Å². The SMILES string of the molecule is Cc1ccc(-c2ccc(N3CCC(CC(=O)OC(C)(C)C)CC3)cc2)c(OCc2ccccc2)n1. The summed E-state index contributed by atoms with van der Waals surface area (Å²) in [5.41, 5.74) is 4.92. The third-order valence-corrected chi connectivity index (χ3v) is 6.25. The van der Waals surface area contributed by atoms with Crippen LogP contribution in [0.2, 0.25) is 0 Å². The van der Waals surface area contributed by atoms with Crippen LogP contribution in [0.15, 0.2) is 66.7 Å². The standard InChI is InChI=1S/C30H36N2O3/c1-22-10-15-27(29(31-22)34-21-24-8-6-5-7-9-24)25-11-13-26(14-12-25)32-18-16-23(17-19-32)20-28(33)35-30(2,3)4/h5-15,23H,16-21H2,1-4H3. The Bertz CT molecular complexity index is 1110. The van der Waals surface area contributed by atoms with Crippen LogP contribution >= 0.6 is 0 Å². The van der Waals surface area contributed by atoms with E-state index in [9.17, 15) is 4.79 Å². The molecular weight excluding hydrogens is 436 g/mol. The molecular formula is C30H36N2O3. The van der Waals surface area contributed by atoms with Gasteiger partial charge < -0.3 is 14.4 Å². The average Bonchev–Trinajstić information content (AvgIpc) is 2.83. The normalized spacial score (nSPS) is 14.6. The van der Waals surface area contributed by atoms with Crippen molar-refractivity contribution < 1.29 is 14.3 Å². The number of benzene rings is 2. The van der Waals surface area contributed by atoms with E-state index in [4.69, 9.17) is 9.47 Å². The quantitative estimate of drug-likeness (QED) is 0.363. The van der Waals surface area contributed by atoms with Gasteiger partial charge in [-0.2, -0.15) is 0 Å². The third-order valence-electron chi connectivity index (χ3n) is 6.25. The van der Waals surface area contributed by atoms with Crippen molar-refractivity contribution in [3.8, 4) is 17.0 Å². The van der Waals surface area contributed by atoms with E-state index in [1.807, 2.05) is 52.0 Å². The monoisotopic (exact) mass is 472 g/mol. The molecule has 1 aromatic heterocycles. The highest BCUT2D eigenvalue weighted by Gasteiger charge is 2.24. The lowest BCUT2D eigenvalue weighted by atomic mass is 9.93. The van der Waals surface area contributed by atoms with Crippen molar-refractivity contribution in [2.45, 2.75) is 59.2 Å². The Morgan fingerprint density at radius 3 is 2.31 bits per heavy atom. The number of ether oxygens (including phenoxy) is 2. The lowest BCUT2D eigenvalue weighted by Crippen LogP contribution is -2.35. The summed E-state index contributed by atoms with van der Waals surface area (Å²) in [7, 11) is 0. The number of carbonyl (C=O) groups is 1. The second-order valence-corrected chi connectivity index (χ2v) is 10.3. The number of pyridine rings is 1. The largest absolute Gasteiger partial charge is 0.472 e. The van der Waals surface area contributed by atoms with Gasteiger partial charge in [0.25, 0.3) is 0 Å². The maximum Gasteiger partial charge on any atom is 0.306 e. The highest BCUT2D eigenvalue weighted by Crippen LogP contribution is 2.32. The zero-order chi connectivity index (χ0) is 24.8. The molecule has 1 saturated heterocycles. The fraction of sp³-hybridized carbons (Fsp3) is 0.400. The summed E-state index contributed by atoms with van der Waals surface area (Å²) in [4.78, 5) is 19.2. The molecule has 0 spiro atoms. The second kappa shape index (κ2) is 10.9. The van der Waals surface area contributed by atoms with Crippen molar-refractivity contribution in [1.82, 2.24) is 4.98 Å². The van der Waals surface area contributed by atoms with E-state index >= 15 is 0 Å². The molecule has 0 N–H and O–H groups in total. The maximum atomic E-state index is 12.2. The number of piperidine rings is 1. The number of aryl methyl sites for hydroxylation is 1. The van der Waals surface area contributed by atoms with Gasteiger partial charge in [-0.15, -0.1) is 0 Å². The molecule has 2 aromatic carbocycles. The second-order valence-electron chi connectivity index (χ2n) is 10.3. The molecule has 0 saturated carbocycles. The molecule has 184 valence electrons. The lowest BCUT2D eigenvalue weighted by Gasteiger charge is -2.33. The van der Waals surface area contributed by atoms with Gasteiger partial charge in [0, 0.05) is 36.5 Å². The summed E-state index contributed by atoms with van der Waals surface area (Å²) in [5.74, 6) is 0.963. The molecule has 1 aliphatic heterocycles. The highest BCUT2D eigenvalue weighted by atomic mass is 16.6. The fourth-order valence-electron chi connectivity index (χ4n) is 4.45. The Kier molecular flexibility index (Phi) is 7.74. The molecule has 0 unspecified atom stereocenters. The Labute approximate surface area is 209 Å². The first-order chi connectivity index (χ1) is 16.8. The number of aromatic nitrogens is 1. The summed E-state index contributed by atoms with van der Waals surface area (Å²) < 4.78 is 11.6. The van der Waals surface area contributed by atoms with E-state index in [0.717, 1.165) is 48.3 Å². The first-order valence-corrected chi connectivity index (χ1v) is 12.5. The Morgan fingerprint density at radius 2 is 1.66 bits per heavy atom. The molecule has 0 amide bonds. The highest BCUT2D eigenvalue weighted by molar-refractivity contribution is 5.71. The van der Waals surface area contributed by atoms with Gasteiger partial charge in [0.15, 0.2) is 0 Å². The van der Waals surface area contributed by atoms with Crippen LogP contribution < -0.4 is 9.64 Å². The van der Waals surface area contributed by atoms with Crippen LogP contribution in [0.5, 0.6) is 5.88 Å². The van der Waals surface area contributed by atoms with E-state index in [1.54, 1.807) is 0 Å². The Morgan fingerprint density at radius 1 is 0.971 bits per heavy atom. The summed E-state index contributed by atoms with van der Waals surface area (Å²) in [5, 5.41) is 0. The van der Waals surface area contributed by atoms with Crippen molar-refractivity contribution >= 4 is 11.7 Å². The zero-order valence-corrected chi connectivity index (χ0v) is 21.3. The van der Waals surface area contributed by atoms with Crippen LogP contribution in [0.4, 0.5) is 5.69 Å². The van der Waals surface area contributed by atoms with Crippen LogP contribution in [0, 0.1) is 12.8 Å². The smallest absolute Gasteiger partial charge is 0.306 e. The minimum Gasteiger partial charge on any atom is -0.472 e. The van der Waals surface area contributed by atoms with Crippen LogP contribution in [0.3, 0.4) is 0 Å². The molecule has 3 aromatic rings. The van der Waals surface area contributed by atoms with E-state index in [2.05, 4.69) is 52.3 Å². The van der Waals surface area contributed by atoms with Crippen molar-refractivity contribution in [3.63, 3.8) is 0 Å². The number of nitrogens with zero attached hydrogens (tertiary/aromatic N) is 2. The van der Waals surface area contributed by atoms with Gasteiger partial charge in [-0.1, -0.05) is 42.5 Å². The predicted octanol–water partition coefficient (Wildman–Crippen LogP) is 6.58. The number of hydrogen-bond acceptors (Lipinski definition) is 5. The van der Waals surface area contributed by atoms with E-state index in [0.29, 0.717) is 24.8 Å². The number of hydrogen-bond donors (Lipinski definition) is 0. The number of carbonyl (C=O) groups excluding carboxylic acids is 1. The van der Waals surface area contributed by atoms with Crippen LogP contribution in [0.25, 0.3) is 11.1 Å². The van der Waals surface area contributed by atoms with Crippen molar-refractivity contribution in [1.29, 1.82) is 0 Å². The zero-order valence-electron chi connectivity index (χ0n) is 21.3. The number of anilines is 1. The first kappa shape index (κ1) is 24.8. The van der Waals surface area contributed by atoms with Gasteiger partial charge in [0.05, 0.1) is 0 Å². The van der Waals surface area contributed by atoms with E-state index in [1.165, 1.54) is 5.69 Å². The summed E-state index contributed by atoms with van der Waals surface area (Å²) in [6.45, 7) is 10.1. The lowest BCUT2D eigenvalue weighted by molar-refractivity contribution is -0.156. The molecule has 0 radical (unpaired) electrons. The molecule has 0 atom stereocenters. The first-order valence-electron chi connectivity index (χ1n) is 12.5. The van der Waals surface area contributed by atoms with E-state index in [-0.39, 0.29) is 5.97 Å². The number of rotatable bonds is 7. The van der Waals surface area contributed by atoms with Gasteiger partial charge >= 0.3 is 5.97 Å². The molecule has 2 heterocycles. The van der Waals surface area contributed by atoms with Crippen molar-refractivity contribution in [2.75, 3.05) is 18.0 Å². The predicted molar refractivity (Wildman–Crippen MR) is 141 cm³/mol. The molecule has 1 fully saturated rings. The summed E-state index contributed by atoms with van der Waals surface area (Å²) in [6, 6.07) is 22.9. The molecule has 0 aliphatic carbocycles. The van der Waals surface area contributed by atoms with Gasteiger partial charge in [0.1, 0.15) is 12.2 Å². The number of esters is 1. The Hall–Kier alpha value is -3.34. The van der Waals surface area contributed by atoms with Crippen LogP contribution in [-0.2, 0) is 16.1 Å². The van der Waals surface area contributed by atoms with Crippen LogP contribution in [0.1, 0.15) is 51.3 Å². The molecule has 5 heteroatoms. The molecule has 4 rings (SSSR count). The average molecular weight is 473 g/mol. The maximum absolute atomic E-state index is 12.2. The third kappa shape index (κ3) is 7.08. The van der Waals surface area contributed by atoms with Gasteiger partial charge in [-0.25, -0.2) is 4.98 Å². The Balaban J connectivity index is 1.38. The molecule has 0 bridgehead atoms. The fourth-order valence-corrected chi connectivity index (χ4v) is 4.45. The minimum atomic E-state index is -0.418. The van der Waals surface area contributed by atoms with Gasteiger partial charge in [0.2, 0.25) is 5.88 Å². The van der Waals surface area contributed by atoms with E-state index < -0.39 is 5.60 Å². The van der Waals surface area contributed by atoms with Gasteiger partial charge in [-0.3, -0.25) is 4.79 Å².